The van der Waals surface area contributed by atoms with Crippen LogP contribution in [0.15, 0.2) is 41.4 Å². The van der Waals surface area contributed by atoms with Gasteiger partial charge in [0, 0.05) is 47.4 Å². The van der Waals surface area contributed by atoms with Gasteiger partial charge in [-0.1, -0.05) is 0 Å². The number of hydrogen-bond acceptors (Lipinski definition) is 3. The van der Waals surface area contributed by atoms with E-state index in [1.807, 2.05) is 22.7 Å². The van der Waals surface area contributed by atoms with E-state index in [4.69, 9.17) is 0 Å². The van der Waals surface area contributed by atoms with Crippen LogP contribution in [-0.2, 0) is 17.8 Å². The lowest BCUT2D eigenvalue weighted by atomic mass is 9.99. The Kier molecular flexibility index (Phi) is 4.99. The smallest absolute Gasteiger partial charge is 0.316 e. The van der Waals surface area contributed by atoms with E-state index in [9.17, 15) is 9.00 Å². The Balaban J connectivity index is 1.74. The molecule has 1 saturated heterocycles. The molecule has 1 N–H and O–H groups in total. The summed E-state index contributed by atoms with van der Waals surface area (Å²) in [6.45, 7) is 0.735. The van der Waals surface area contributed by atoms with E-state index in [1.165, 1.54) is 0 Å². The Morgan fingerprint density at radius 1 is 1.25 bits per heavy atom. The Labute approximate surface area is 144 Å². The summed E-state index contributed by atoms with van der Waals surface area (Å²) < 4.78 is 13.3. The van der Waals surface area contributed by atoms with Crippen LogP contribution in [0.1, 0.15) is 31.0 Å². The molecular formula is C17H22N4O2S. The third-order valence-electron chi connectivity index (χ3n) is 4.40. The molecule has 128 valence electrons. The number of anilines is 1. The van der Waals surface area contributed by atoms with Crippen molar-refractivity contribution in [3.8, 4) is 0 Å². The van der Waals surface area contributed by atoms with Gasteiger partial charge in [-0.3, -0.25) is 8.89 Å². The molecule has 0 unspecified atom stereocenters. The highest BCUT2D eigenvalue weighted by Crippen LogP contribution is 2.31. The van der Waals surface area contributed by atoms with Gasteiger partial charge in [-0.05, 0) is 49.6 Å². The average Bonchev–Trinajstić information content (AvgIpc) is 3.01. The molecule has 2 aromatic rings. The van der Waals surface area contributed by atoms with Gasteiger partial charge in [0.1, 0.15) is 0 Å². The van der Waals surface area contributed by atoms with Gasteiger partial charge in [0.05, 0.1) is 11.7 Å². The Morgan fingerprint density at radius 3 is 2.62 bits per heavy atom. The fourth-order valence-electron chi connectivity index (χ4n) is 3.12. The quantitative estimate of drug-likeness (QED) is 0.929. The number of hydrogen-bond donors (Lipinski definition) is 1. The van der Waals surface area contributed by atoms with Crippen LogP contribution >= 0.6 is 0 Å². The number of benzene rings is 1. The largest absolute Gasteiger partial charge is 0.322 e. The molecule has 0 saturated carbocycles. The lowest BCUT2D eigenvalue weighted by molar-refractivity contribution is 0.159. The highest BCUT2D eigenvalue weighted by atomic mass is 32.2. The summed E-state index contributed by atoms with van der Waals surface area (Å²) in [6, 6.07) is 9.05. The predicted molar refractivity (Wildman–Crippen MR) is 94.3 cm³/mol. The Bertz CT molecular complexity index is 741. The number of piperidine rings is 1. The highest BCUT2D eigenvalue weighted by Gasteiger charge is 2.29. The van der Waals surface area contributed by atoms with Gasteiger partial charge in [0.25, 0.3) is 0 Å². The number of nitrogens with zero attached hydrogens (tertiary/aromatic N) is 3. The molecule has 1 aliphatic rings. The van der Waals surface area contributed by atoms with Crippen molar-refractivity contribution in [2.45, 2.75) is 30.2 Å². The summed E-state index contributed by atoms with van der Waals surface area (Å²) in [5, 5.41) is 7.17. The maximum atomic E-state index is 12.7. The molecule has 3 rings (SSSR count). The van der Waals surface area contributed by atoms with Crippen LogP contribution in [0, 0.1) is 0 Å². The molecule has 0 spiro atoms. The minimum atomic E-state index is -1.02. The average molecular weight is 346 g/mol. The van der Waals surface area contributed by atoms with E-state index in [1.54, 1.807) is 36.7 Å². The second-order valence-electron chi connectivity index (χ2n) is 5.99. The summed E-state index contributed by atoms with van der Waals surface area (Å²) in [5.74, 6) is 0. The number of aryl methyl sites for hydroxylation is 1. The first-order chi connectivity index (χ1) is 11.6. The van der Waals surface area contributed by atoms with Crippen LogP contribution < -0.4 is 5.32 Å². The molecule has 0 bridgehead atoms. The molecule has 0 radical (unpaired) electrons. The van der Waals surface area contributed by atoms with Crippen molar-refractivity contribution in [1.29, 1.82) is 0 Å². The van der Waals surface area contributed by atoms with Crippen molar-refractivity contribution in [1.82, 2.24) is 14.7 Å². The third kappa shape index (κ3) is 3.51. The zero-order valence-corrected chi connectivity index (χ0v) is 14.8. The standard InChI is InChI=1S/C17H22N4O2S/c1-20-15(10-11-18-20)16-5-3-4-12-21(16)17(22)19-13-6-8-14(9-7-13)24(2)23/h6-11,16H,3-5,12H2,1-2H3,(H,19,22)/t16-,24-/m1/s1. The fraction of sp³-hybridized carbons (Fsp3) is 0.412. The van der Waals surface area contributed by atoms with Gasteiger partial charge in [0.2, 0.25) is 0 Å². The van der Waals surface area contributed by atoms with Crippen LogP contribution in [0.4, 0.5) is 10.5 Å². The lowest BCUT2D eigenvalue weighted by Crippen LogP contribution is -2.41. The summed E-state index contributed by atoms with van der Waals surface area (Å²) in [6.07, 6.45) is 6.47. The lowest BCUT2D eigenvalue weighted by Gasteiger charge is -2.35. The zero-order chi connectivity index (χ0) is 17.1. The summed E-state index contributed by atoms with van der Waals surface area (Å²) in [5.41, 5.74) is 1.77. The maximum absolute atomic E-state index is 12.7. The number of carbonyl (C=O) groups excluding carboxylic acids is 1. The minimum absolute atomic E-state index is 0.0497. The second kappa shape index (κ2) is 7.17. The fourth-order valence-corrected chi connectivity index (χ4v) is 3.64. The van der Waals surface area contributed by atoms with Crippen molar-refractivity contribution < 1.29 is 9.00 Å². The van der Waals surface area contributed by atoms with Crippen molar-refractivity contribution in [2.24, 2.45) is 7.05 Å². The third-order valence-corrected chi connectivity index (χ3v) is 5.34. The first-order valence-electron chi connectivity index (χ1n) is 8.05. The minimum Gasteiger partial charge on any atom is -0.316 e. The van der Waals surface area contributed by atoms with Crippen molar-refractivity contribution >= 4 is 22.5 Å². The van der Waals surface area contributed by atoms with Crippen LogP contribution in [0.2, 0.25) is 0 Å². The number of amides is 2. The van der Waals surface area contributed by atoms with Gasteiger partial charge in [-0.15, -0.1) is 0 Å². The molecule has 24 heavy (non-hydrogen) atoms. The van der Waals surface area contributed by atoms with E-state index < -0.39 is 10.8 Å². The van der Waals surface area contributed by atoms with Crippen molar-refractivity contribution in [3.05, 3.63) is 42.2 Å². The molecule has 6 nitrogen and oxygen atoms in total. The molecule has 1 aromatic heterocycles. The van der Waals surface area contributed by atoms with Crippen molar-refractivity contribution in [3.63, 3.8) is 0 Å². The molecule has 2 heterocycles. The van der Waals surface area contributed by atoms with Crippen LogP contribution in [0.25, 0.3) is 0 Å². The zero-order valence-electron chi connectivity index (χ0n) is 13.9. The number of likely N-dealkylation sites (tertiary alicyclic amines) is 1. The van der Waals surface area contributed by atoms with Gasteiger partial charge >= 0.3 is 6.03 Å². The van der Waals surface area contributed by atoms with E-state index in [0.717, 1.165) is 36.4 Å². The molecule has 7 heteroatoms. The molecule has 1 aromatic carbocycles. The van der Waals surface area contributed by atoms with E-state index in [0.29, 0.717) is 5.69 Å². The predicted octanol–water partition coefficient (Wildman–Crippen LogP) is 2.92. The number of nitrogens with one attached hydrogen (secondary N) is 1. The van der Waals surface area contributed by atoms with Crippen LogP contribution in [-0.4, -0.2) is 37.7 Å². The summed E-state index contributed by atoms with van der Waals surface area (Å²) >= 11 is 0. The number of carbonyl (C=O) groups is 1. The Morgan fingerprint density at radius 2 is 2.00 bits per heavy atom. The molecule has 0 aliphatic carbocycles. The summed E-state index contributed by atoms with van der Waals surface area (Å²) in [7, 11) is 0.891. The normalized spacial score (nSPS) is 19.1. The number of urea groups is 1. The van der Waals surface area contributed by atoms with Crippen LogP contribution in [0.3, 0.4) is 0 Å². The molecular weight excluding hydrogens is 324 g/mol. The molecule has 1 aliphatic heterocycles. The number of rotatable bonds is 3. The Hall–Kier alpha value is -2.15. The number of aromatic nitrogens is 2. The molecule has 2 amide bonds. The van der Waals surface area contributed by atoms with E-state index >= 15 is 0 Å². The van der Waals surface area contributed by atoms with Crippen molar-refractivity contribution in [2.75, 3.05) is 18.1 Å². The van der Waals surface area contributed by atoms with Gasteiger partial charge in [0.15, 0.2) is 0 Å². The first kappa shape index (κ1) is 16.7. The van der Waals surface area contributed by atoms with E-state index in [-0.39, 0.29) is 12.1 Å². The topological polar surface area (TPSA) is 67.2 Å². The highest BCUT2D eigenvalue weighted by molar-refractivity contribution is 7.84. The monoisotopic (exact) mass is 346 g/mol. The molecule has 2 atom stereocenters. The SMILES string of the molecule is Cn1nccc1[C@H]1CCCCN1C(=O)Nc1ccc([S@@](C)=O)cc1. The van der Waals surface area contributed by atoms with Crippen LogP contribution in [0.5, 0.6) is 0 Å². The second-order valence-corrected chi connectivity index (χ2v) is 7.37. The molecule has 1 fully saturated rings. The van der Waals surface area contributed by atoms with Gasteiger partial charge in [-0.25, -0.2) is 4.79 Å². The van der Waals surface area contributed by atoms with E-state index in [2.05, 4.69) is 10.4 Å². The maximum Gasteiger partial charge on any atom is 0.322 e. The first-order valence-corrected chi connectivity index (χ1v) is 9.61. The summed E-state index contributed by atoms with van der Waals surface area (Å²) in [4.78, 5) is 15.4. The van der Waals surface area contributed by atoms with Gasteiger partial charge < -0.3 is 10.2 Å². The van der Waals surface area contributed by atoms with Gasteiger partial charge in [-0.2, -0.15) is 5.10 Å².